The van der Waals surface area contributed by atoms with Gasteiger partial charge in [0.25, 0.3) is 5.91 Å². The number of aliphatic hydroxyl groups is 1. The second-order valence-corrected chi connectivity index (χ2v) is 6.30. The van der Waals surface area contributed by atoms with Crippen molar-refractivity contribution in [3.8, 4) is 0 Å². The molecule has 0 bridgehead atoms. The molecular weight excluding hydrogens is 300 g/mol. The molecule has 130 valence electrons. The number of nitrogens with one attached hydrogen (secondary N) is 3. The highest BCUT2D eigenvalue weighted by Crippen LogP contribution is 2.11. The van der Waals surface area contributed by atoms with Gasteiger partial charge in [-0.2, -0.15) is 5.10 Å². The van der Waals surface area contributed by atoms with Crippen molar-refractivity contribution < 1.29 is 19.4 Å². The van der Waals surface area contributed by atoms with Gasteiger partial charge >= 0.3 is 6.09 Å². The standard InChI is InChI=1S/C15H26N4O4/c1-5-6-7-10(17-14(22)23-15(2,3)4)12(20)13(21)18-11-8-9-16-19-11/h8-10,12,20H,5-7H2,1-4H3,(H,17,22)(H2,16,18,19,21)/t10-,12+/m0/s1. The molecule has 1 aromatic rings. The van der Waals surface area contributed by atoms with Gasteiger partial charge in [0, 0.05) is 6.07 Å². The lowest BCUT2D eigenvalue weighted by Crippen LogP contribution is -2.50. The van der Waals surface area contributed by atoms with E-state index in [1.165, 1.54) is 6.20 Å². The summed E-state index contributed by atoms with van der Waals surface area (Å²) in [6.07, 6.45) is 1.53. The summed E-state index contributed by atoms with van der Waals surface area (Å²) < 4.78 is 5.17. The average molecular weight is 326 g/mol. The van der Waals surface area contributed by atoms with Crippen LogP contribution in [-0.2, 0) is 9.53 Å². The van der Waals surface area contributed by atoms with Crippen LogP contribution in [0.15, 0.2) is 12.3 Å². The van der Waals surface area contributed by atoms with Crippen LogP contribution >= 0.6 is 0 Å². The molecule has 0 aromatic carbocycles. The lowest BCUT2D eigenvalue weighted by atomic mass is 10.0. The SMILES string of the molecule is CCCC[C@H](NC(=O)OC(C)(C)C)[C@@H](O)C(=O)Nc1ccn[nH]1. The third kappa shape index (κ3) is 7.14. The maximum atomic E-state index is 12.1. The highest BCUT2D eigenvalue weighted by Gasteiger charge is 2.29. The number of aromatic amines is 1. The van der Waals surface area contributed by atoms with Crippen LogP contribution < -0.4 is 10.6 Å². The molecule has 0 saturated heterocycles. The maximum Gasteiger partial charge on any atom is 0.407 e. The summed E-state index contributed by atoms with van der Waals surface area (Å²) in [5.41, 5.74) is -0.650. The second-order valence-electron chi connectivity index (χ2n) is 6.30. The number of alkyl carbamates (subject to hydrolysis) is 1. The molecule has 0 radical (unpaired) electrons. The van der Waals surface area contributed by atoms with Gasteiger partial charge in [0.15, 0.2) is 6.10 Å². The summed E-state index contributed by atoms with van der Waals surface area (Å²) in [6.45, 7) is 7.22. The number of nitrogens with zero attached hydrogens (tertiary/aromatic N) is 1. The van der Waals surface area contributed by atoms with Crippen molar-refractivity contribution in [2.45, 2.75) is 64.7 Å². The molecule has 0 spiro atoms. The van der Waals surface area contributed by atoms with E-state index in [1.54, 1.807) is 26.8 Å². The Bertz CT molecular complexity index is 496. The maximum absolute atomic E-state index is 12.1. The van der Waals surface area contributed by atoms with Crippen LogP contribution in [0.4, 0.5) is 10.6 Å². The van der Waals surface area contributed by atoms with E-state index in [1.807, 2.05) is 6.92 Å². The Morgan fingerprint density at radius 1 is 1.43 bits per heavy atom. The van der Waals surface area contributed by atoms with Crippen molar-refractivity contribution >= 4 is 17.8 Å². The van der Waals surface area contributed by atoms with Crippen molar-refractivity contribution in [2.75, 3.05) is 5.32 Å². The van der Waals surface area contributed by atoms with Crippen LogP contribution in [0.5, 0.6) is 0 Å². The zero-order chi connectivity index (χ0) is 17.5. The molecular formula is C15H26N4O4. The van der Waals surface area contributed by atoms with Crippen LogP contribution in [-0.4, -0.2) is 45.1 Å². The number of unbranched alkanes of at least 4 members (excludes halogenated alkanes) is 1. The topological polar surface area (TPSA) is 116 Å². The number of amides is 2. The number of hydrogen-bond acceptors (Lipinski definition) is 5. The highest BCUT2D eigenvalue weighted by molar-refractivity contribution is 5.93. The first-order valence-electron chi connectivity index (χ1n) is 7.70. The molecule has 8 nitrogen and oxygen atoms in total. The molecule has 1 heterocycles. The van der Waals surface area contributed by atoms with E-state index in [4.69, 9.17) is 4.74 Å². The number of ether oxygens (including phenoxy) is 1. The quantitative estimate of drug-likeness (QED) is 0.609. The van der Waals surface area contributed by atoms with Gasteiger partial charge in [-0.3, -0.25) is 9.89 Å². The van der Waals surface area contributed by atoms with Gasteiger partial charge in [0.1, 0.15) is 11.4 Å². The molecule has 0 unspecified atom stereocenters. The van der Waals surface area contributed by atoms with Crippen LogP contribution in [0.2, 0.25) is 0 Å². The normalized spacial score (nSPS) is 14.0. The zero-order valence-corrected chi connectivity index (χ0v) is 14.0. The Labute approximate surface area is 136 Å². The van der Waals surface area contributed by atoms with Gasteiger partial charge in [-0.15, -0.1) is 0 Å². The molecule has 23 heavy (non-hydrogen) atoms. The fourth-order valence-electron chi connectivity index (χ4n) is 1.91. The van der Waals surface area contributed by atoms with E-state index in [-0.39, 0.29) is 0 Å². The molecule has 0 saturated carbocycles. The van der Waals surface area contributed by atoms with Crippen molar-refractivity contribution in [2.24, 2.45) is 0 Å². The van der Waals surface area contributed by atoms with E-state index in [0.29, 0.717) is 12.2 Å². The number of hydrogen-bond donors (Lipinski definition) is 4. The predicted octanol–water partition coefficient (Wildman–Crippen LogP) is 1.79. The summed E-state index contributed by atoms with van der Waals surface area (Å²) in [7, 11) is 0. The Balaban J connectivity index is 2.67. The number of rotatable bonds is 7. The molecule has 2 atom stereocenters. The summed E-state index contributed by atoms with van der Waals surface area (Å²) in [4.78, 5) is 24.0. The lowest BCUT2D eigenvalue weighted by molar-refractivity contribution is -0.125. The molecule has 0 fully saturated rings. The fraction of sp³-hybridized carbons (Fsp3) is 0.667. The summed E-state index contributed by atoms with van der Waals surface area (Å²) in [5.74, 6) is -0.244. The van der Waals surface area contributed by atoms with Gasteiger partial charge in [-0.05, 0) is 27.2 Å². The molecule has 2 amide bonds. The number of carbonyl (C=O) groups excluding carboxylic acids is 2. The summed E-state index contributed by atoms with van der Waals surface area (Å²) >= 11 is 0. The van der Waals surface area contributed by atoms with Gasteiger partial charge < -0.3 is 20.5 Å². The van der Waals surface area contributed by atoms with Crippen LogP contribution in [0.25, 0.3) is 0 Å². The van der Waals surface area contributed by atoms with Crippen molar-refractivity contribution in [1.29, 1.82) is 0 Å². The highest BCUT2D eigenvalue weighted by atomic mass is 16.6. The average Bonchev–Trinajstić information content (AvgIpc) is 2.93. The molecule has 8 heteroatoms. The van der Waals surface area contributed by atoms with E-state index < -0.39 is 29.7 Å². The Kier molecular flexibility index (Phi) is 7.02. The summed E-state index contributed by atoms with van der Waals surface area (Å²) in [5, 5.41) is 21.6. The smallest absolute Gasteiger partial charge is 0.407 e. The van der Waals surface area contributed by atoms with E-state index in [0.717, 1.165) is 12.8 Å². The van der Waals surface area contributed by atoms with Gasteiger partial charge in [0.2, 0.25) is 0 Å². The molecule has 1 aromatic heterocycles. The molecule has 0 aliphatic rings. The van der Waals surface area contributed by atoms with Gasteiger partial charge in [-0.25, -0.2) is 4.79 Å². The van der Waals surface area contributed by atoms with Gasteiger partial charge in [-0.1, -0.05) is 19.8 Å². The summed E-state index contributed by atoms with van der Waals surface area (Å²) in [6, 6.07) is 0.834. The fourth-order valence-corrected chi connectivity index (χ4v) is 1.91. The van der Waals surface area contributed by atoms with Crippen molar-refractivity contribution in [3.63, 3.8) is 0 Å². The number of aliphatic hydroxyl groups excluding tert-OH is 1. The largest absolute Gasteiger partial charge is 0.444 e. The van der Waals surface area contributed by atoms with E-state index >= 15 is 0 Å². The minimum atomic E-state index is -1.39. The van der Waals surface area contributed by atoms with E-state index in [2.05, 4.69) is 20.8 Å². The predicted molar refractivity (Wildman–Crippen MR) is 85.9 cm³/mol. The van der Waals surface area contributed by atoms with Gasteiger partial charge in [0.05, 0.1) is 12.2 Å². The van der Waals surface area contributed by atoms with E-state index in [9.17, 15) is 14.7 Å². The number of anilines is 1. The number of aromatic nitrogens is 2. The molecule has 0 aliphatic carbocycles. The number of carbonyl (C=O) groups is 2. The minimum Gasteiger partial charge on any atom is -0.444 e. The number of H-pyrrole nitrogens is 1. The first-order chi connectivity index (χ1) is 10.7. The first kappa shape index (κ1) is 19.0. The van der Waals surface area contributed by atoms with Crippen LogP contribution in [0.1, 0.15) is 47.0 Å². The Morgan fingerprint density at radius 3 is 2.65 bits per heavy atom. The molecule has 4 N–H and O–H groups in total. The van der Waals surface area contributed by atoms with Crippen molar-refractivity contribution in [3.05, 3.63) is 12.3 Å². The van der Waals surface area contributed by atoms with Crippen LogP contribution in [0.3, 0.4) is 0 Å². The lowest BCUT2D eigenvalue weighted by Gasteiger charge is -2.26. The minimum absolute atomic E-state index is 0.376. The second kappa shape index (κ2) is 8.52. The molecule has 1 rings (SSSR count). The zero-order valence-electron chi connectivity index (χ0n) is 14.0. The molecule has 0 aliphatic heterocycles. The Hall–Kier alpha value is -2.09. The third-order valence-corrected chi connectivity index (χ3v) is 2.98. The van der Waals surface area contributed by atoms with Crippen molar-refractivity contribution in [1.82, 2.24) is 15.5 Å². The Morgan fingerprint density at radius 2 is 2.13 bits per heavy atom. The van der Waals surface area contributed by atoms with Crippen LogP contribution in [0, 0.1) is 0 Å². The first-order valence-corrected chi connectivity index (χ1v) is 7.70. The monoisotopic (exact) mass is 326 g/mol. The third-order valence-electron chi connectivity index (χ3n) is 2.98.